The molecule has 13 heavy (non-hydrogen) atoms. The van der Waals surface area contributed by atoms with Crippen molar-refractivity contribution in [2.45, 2.75) is 12.8 Å². The zero-order valence-electron chi connectivity index (χ0n) is 7.22. The zero-order chi connectivity index (χ0) is 10.0. The lowest BCUT2D eigenvalue weighted by Gasteiger charge is -2.11. The SMILES string of the molecule is CC(CN)c1cc(Br)c(F)cc1O. The lowest BCUT2D eigenvalue weighted by molar-refractivity contribution is 0.456. The van der Waals surface area contributed by atoms with E-state index in [9.17, 15) is 9.50 Å². The summed E-state index contributed by atoms with van der Waals surface area (Å²) in [6.07, 6.45) is 0. The van der Waals surface area contributed by atoms with Crippen LogP contribution >= 0.6 is 15.9 Å². The molecule has 0 aliphatic heterocycles. The van der Waals surface area contributed by atoms with Crippen LogP contribution in [-0.4, -0.2) is 11.7 Å². The minimum absolute atomic E-state index is 0.0249. The van der Waals surface area contributed by atoms with Crippen LogP contribution in [0.2, 0.25) is 0 Å². The second kappa shape index (κ2) is 4.07. The van der Waals surface area contributed by atoms with Crippen LogP contribution in [0, 0.1) is 5.82 Å². The summed E-state index contributed by atoms with van der Waals surface area (Å²) in [5, 5.41) is 9.40. The molecule has 0 aliphatic rings. The average molecular weight is 248 g/mol. The van der Waals surface area contributed by atoms with E-state index in [1.54, 1.807) is 6.07 Å². The number of aromatic hydroxyl groups is 1. The van der Waals surface area contributed by atoms with Gasteiger partial charge >= 0.3 is 0 Å². The Labute approximate surface area is 84.7 Å². The molecule has 0 amide bonds. The monoisotopic (exact) mass is 247 g/mol. The molecule has 0 saturated heterocycles. The molecular formula is C9H11BrFNO. The first-order valence-electron chi connectivity index (χ1n) is 3.94. The van der Waals surface area contributed by atoms with E-state index in [2.05, 4.69) is 15.9 Å². The van der Waals surface area contributed by atoms with Crippen LogP contribution in [-0.2, 0) is 0 Å². The smallest absolute Gasteiger partial charge is 0.141 e. The molecule has 72 valence electrons. The molecule has 1 rings (SSSR count). The van der Waals surface area contributed by atoms with Gasteiger partial charge in [-0.15, -0.1) is 0 Å². The third-order valence-electron chi connectivity index (χ3n) is 1.95. The van der Waals surface area contributed by atoms with Gasteiger partial charge in [0.1, 0.15) is 11.6 Å². The Morgan fingerprint density at radius 2 is 2.23 bits per heavy atom. The van der Waals surface area contributed by atoms with Gasteiger partial charge in [0.05, 0.1) is 4.47 Å². The number of hydrogen-bond donors (Lipinski definition) is 2. The third kappa shape index (κ3) is 2.19. The quantitative estimate of drug-likeness (QED) is 0.843. The van der Waals surface area contributed by atoms with Gasteiger partial charge in [0.2, 0.25) is 0 Å². The molecule has 1 unspecified atom stereocenters. The molecule has 1 atom stereocenters. The van der Waals surface area contributed by atoms with E-state index in [1.165, 1.54) is 0 Å². The summed E-state index contributed by atoms with van der Waals surface area (Å²) in [5.74, 6) is -0.485. The summed E-state index contributed by atoms with van der Waals surface area (Å²) >= 11 is 3.05. The van der Waals surface area contributed by atoms with Gasteiger partial charge in [-0.1, -0.05) is 6.92 Å². The number of halogens is 2. The fourth-order valence-electron chi connectivity index (χ4n) is 1.07. The fourth-order valence-corrected chi connectivity index (χ4v) is 1.43. The molecule has 3 N–H and O–H groups in total. The van der Waals surface area contributed by atoms with Crippen molar-refractivity contribution in [2.24, 2.45) is 5.73 Å². The lowest BCUT2D eigenvalue weighted by atomic mass is 10.0. The van der Waals surface area contributed by atoms with Crippen molar-refractivity contribution in [3.05, 3.63) is 28.0 Å². The maximum Gasteiger partial charge on any atom is 0.141 e. The molecule has 0 radical (unpaired) electrons. The van der Waals surface area contributed by atoms with E-state index in [1.807, 2.05) is 6.92 Å². The Kier molecular flexibility index (Phi) is 3.27. The lowest BCUT2D eigenvalue weighted by Crippen LogP contribution is -2.09. The van der Waals surface area contributed by atoms with Crippen LogP contribution in [0.25, 0.3) is 0 Å². The van der Waals surface area contributed by atoms with Gasteiger partial charge in [0, 0.05) is 6.07 Å². The van der Waals surface area contributed by atoms with Crippen molar-refractivity contribution >= 4 is 15.9 Å². The Bertz CT molecular complexity index is 317. The normalized spacial score (nSPS) is 12.9. The Morgan fingerprint density at radius 3 is 2.77 bits per heavy atom. The molecule has 0 aliphatic carbocycles. The van der Waals surface area contributed by atoms with E-state index in [-0.39, 0.29) is 11.7 Å². The number of hydrogen-bond acceptors (Lipinski definition) is 2. The van der Waals surface area contributed by atoms with Gasteiger partial charge in [-0.25, -0.2) is 4.39 Å². The van der Waals surface area contributed by atoms with Crippen LogP contribution in [0.4, 0.5) is 4.39 Å². The molecule has 0 spiro atoms. The molecule has 1 aromatic carbocycles. The van der Waals surface area contributed by atoms with Crippen molar-refractivity contribution < 1.29 is 9.50 Å². The van der Waals surface area contributed by atoms with Gasteiger partial charge in [-0.3, -0.25) is 0 Å². The van der Waals surface area contributed by atoms with Gasteiger partial charge in [-0.05, 0) is 40.0 Å². The number of rotatable bonds is 2. The minimum Gasteiger partial charge on any atom is -0.508 e. The highest BCUT2D eigenvalue weighted by Gasteiger charge is 2.12. The maximum atomic E-state index is 12.9. The van der Waals surface area contributed by atoms with Crippen LogP contribution < -0.4 is 5.73 Å². The maximum absolute atomic E-state index is 12.9. The zero-order valence-corrected chi connectivity index (χ0v) is 8.81. The summed E-state index contributed by atoms with van der Waals surface area (Å²) in [7, 11) is 0. The van der Waals surface area contributed by atoms with E-state index < -0.39 is 5.82 Å². The van der Waals surface area contributed by atoms with Gasteiger partial charge < -0.3 is 10.8 Å². The van der Waals surface area contributed by atoms with E-state index in [4.69, 9.17) is 5.73 Å². The second-order valence-electron chi connectivity index (χ2n) is 2.96. The molecule has 0 aromatic heterocycles. The van der Waals surface area contributed by atoms with Gasteiger partial charge in [0.15, 0.2) is 0 Å². The number of phenolic OH excluding ortho intramolecular Hbond substituents is 1. The van der Waals surface area contributed by atoms with E-state index in [0.29, 0.717) is 16.6 Å². The molecule has 2 nitrogen and oxygen atoms in total. The van der Waals surface area contributed by atoms with Crippen LogP contribution in [0.5, 0.6) is 5.75 Å². The Balaban J connectivity index is 3.15. The predicted molar refractivity (Wildman–Crippen MR) is 53.2 cm³/mol. The van der Waals surface area contributed by atoms with Crippen molar-refractivity contribution in [1.29, 1.82) is 0 Å². The molecule has 4 heteroatoms. The summed E-state index contributed by atoms with van der Waals surface area (Å²) in [4.78, 5) is 0. The topological polar surface area (TPSA) is 46.2 Å². The first-order valence-corrected chi connectivity index (χ1v) is 4.73. The summed E-state index contributed by atoms with van der Waals surface area (Å²) in [6, 6.07) is 2.65. The highest BCUT2D eigenvalue weighted by Crippen LogP contribution is 2.30. The van der Waals surface area contributed by atoms with Crippen LogP contribution in [0.15, 0.2) is 16.6 Å². The third-order valence-corrected chi connectivity index (χ3v) is 2.56. The van der Waals surface area contributed by atoms with Crippen molar-refractivity contribution in [3.63, 3.8) is 0 Å². The van der Waals surface area contributed by atoms with E-state index >= 15 is 0 Å². The number of phenols is 1. The van der Waals surface area contributed by atoms with Gasteiger partial charge in [0.25, 0.3) is 0 Å². The first-order chi connectivity index (χ1) is 6.06. The summed E-state index contributed by atoms with van der Waals surface area (Å²) in [6.45, 7) is 2.30. The molecule has 0 heterocycles. The molecule has 1 aromatic rings. The predicted octanol–water partition coefficient (Wildman–Crippen LogP) is 2.36. The molecular weight excluding hydrogens is 237 g/mol. The average Bonchev–Trinajstić information content (AvgIpc) is 2.10. The Morgan fingerprint density at radius 1 is 1.62 bits per heavy atom. The molecule has 0 saturated carbocycles. The molecule has 0 bridgehead atoms. The number of nitrogens with two attached hydrogens (primary N) is 1. The van der Waals surface area contributed by atoms with Crippen molar-refractivity contribution in [2.75, 3.05) is 6.54 Å². The van der Waals surface area contributed by atoms with Crippen LogP contribution in [0.1, 0.15) is 18.4 Å². The fraction of sp³-hybridized carbons (Fsp3) is 0.333. The molecule has 0 fully saturated rings. The van der Waals surface area contributed by atoms with Crippen molar-refractivity contribution in [1.82, 2.24) is 0 Å². The highest BCUT2D eigenvalue weighted by molar-refractivity contribution is 9.10. The Hall–Kier alpha value is -0.610. The standard InChI is InChI=1S/C9H11BrFNO/c1-5(4-12)6-2-7(10)8(11)3-9(6)13/h2-3,5,13H,4,12H2,1H3. The van der Waals surface area contributed by atoms with Crippen LogP contribution in [0.3, 0.4) is 0 Å². The second-order valence-corrected chi connectivity index (χ2v) is 3.82. The first kappa shape index (κ1) is 10.5. The summed E-state index contributed by atoms with van der Waals surface area (Å²) < 4.78 is 13.2. The minimum atomic E-state index is -0.467. The van der Waals surface area contributed by atoms with E-state index in [0.717, 1.165) is 6.07 Å². The van der Waals surface area contributed by atoms with Gasteiger partial charge in [-0.2, -0.15) is 0 Å². The van der Waals surface area contributed by atoms with Crippen molar-refractivity contribution in [3.8, 4) is 5.75 Å². The largest absolute Gasteiger partial charge is 0.508 e. The number of benzene rings is 1. The highest BCUT2D eigenvalue weighted by atomic mass is 79.9. The summed E-state index contributed by atoms with van der Waals surface area (Å²) in [5.41, 5.74) is 6.10.